The molecular weight excluding hydrogens is 198 g/mol. The summed E-state index contributed by atoms with van der Waals surface area (Å²) in [6, 6.07) is 7.00. The van der Waals surface area contributed by atoms with Gasteiger partial charge in [0.05, 0.1) is 6.61 Å². The van der Waals surface area contributed by atoms with E-state index in [1.165, 1.54) is 24.1 Å². The molecule has 1 atom stereocenters. The predicted octanol–water partition coefficient (Wildman–Crippen LogP) is 3.61. The summed E-state index contributed by atoms with van der Waals surface area (Å²) in [5.74, 6) is 1.07. The van der Waals surface area contributed by atoms with Crippen LogP contribution in [0.5, 0.6) is 5.75 Å². The fourth-order valence-corrected chi connectivity index (χ4v) is 2.24. The highest BCUT2D eigenvalue weighted by Crippen LogP contribution is 2.27. The Morgan fingerprint density at radius 3 is 3.12 bits per heavy atom. The largest absolute Gasteiger partial charge is 0.493 e. The molecule has 0 fully saturated rings. The zero-order valence-electron chi connectivity index (χ0n) is 10.3. The molecule has 2 nitrogen and oxygen atoms in total. The predicted molar refractivity (Wildman–Crippen MR) is 68.3 cm³/mol. The van der Waals surface area contributed by atoms with Crippen LogP contribution in [0.1, 0.15) is 38.7 Å². The van der Waals surface area contributed by atoms with Gasteiger partial charge in [0, 0.05) is 11.7 Å². The molecule has 2 rings (SSSR count). The van der Waals surface area contributed by atoms with Gasteiger partial charge in [-0.3, -0.25) is 0 Å². The van der Waals surface area contributed by atoms with Crippen LogP contribution in [0.25, 0.3) is 0 Å². The topological polar surface area (TPSA) is 21.3 Å². The number of aryl methyl sites for hydroxylation is 1. The summed E-state index contributed by atoms with van der Waals surface area (Å²) in [4.78, 5) is 0. The van der Waals surface area contributed by atoms with E-state index in [0.717, 1.165) is 25.2 Å². The summed E-state index contributed by atoms with van der Waals surface area (Å²) < 4.78 is 5.60. The molecule has 0 bridgehead atoms. The quantitative estimate of drug-likeness (QED) is 0.835. The first-order valence-corrected chi connectivity index (χ1v) is 6.32. The second-order valence-corrected chi connectivity index (χ2v) is 4.61. The van der Waals surface area contributed by atoms with Crippen molar-refractivity contribution >= 4 is 5.69 Å². The Kier molecular flexibility index (Phi) is 3.70. The Hall–Kier alpha value is -1.18. The fraction of sp³-hybridized carbons (Fsp3) is 0.571. The van der Waals surface area contributed by atoms with Crippen molar-refractivity contribution in [2.24, 2.45) is 0 Å². The second kappa shape index (κ2) is 5.24. The zero-order chi connectivity index (χ0) is 11.4. The van der Waals surface area contributed by atoms with Gasteiger partial charge in [0.2, 0.25) is 0 Å². The first-order chi connectivity index (χ1) is 7.79. The van der Waals surface area contributed by atoms with E-state index < -0.39 is 0 Å². The third-order valence-corrected chi connectivity index (χ3v) is 3.04. The number of hydrogen-bond donors (Lipinski definition) is 1. The van der Waals surface area contributed by atoms with Crippen LogP contribution in [-0.4, -0.2) is 12.6 Å². The molecule has 1 unspecified atom stereocenters. The van der Waals surface area contributed by atoms with Crippen LogP contribution in [0.3, 0.4) is 0 Å². The van der Waals surface area contributed by atoms with Crippen LogP contribution in [-0.2, 0) is 6.42 Å². The lowest BCUT2D eigenvalue weighted by Gasteiger charge is -2.20. The van der Waals surface area contributed by atoms with Gasteiger partial charge in [0.1, 0.15) is 5.75 Å². The third-order valence-electron chi connectivity index (χ3n) is 3.04. The minimum atomic E-state index is 0.549. The van der Waals surface area contributed by atoms with Crippen molar-refractivity contribution in [3.8, 4) is 5.75 Å². The van der Waals surface area contributed by atoms with Crippen molar-refractivity contribution in [3.05, 3.63) is 23.8 Å². The molecule has 88 valence electrons. The maximum absolute atomic E-state index is 5.60. The molecule has 0 radical (unpaired) electrons. The highest BCUT2D eigenvalue weighted by molar-refractivity contribution is 5.52. The van der Waals surface area contributed by atoms with Gasteiger partial charge in [-0.2, -0.15) is 0 Å². The van der Waals surface area contributed by atoms with Gasteiger partial charge in [-0.05, 0) is 49.9 Å². The number of nitrogens with one attached hydrogen (secondary N) is 1. The molecule has 1 N–H and O–H groups in total. The van der Waals surface area contributed by atoms with E-state index in [0.29, 0.717) is 6.04 Å². The van der Waals surface area contributed by atoms with Crippen molar-refractivity contribution in [1.82, 2.24) is 0 Å². The van der Waals surface area contributed by atoms with E-state index in [4.69, 9.17) is 4.74 Å². The van der Waals surface area contributed by atoms with Crippen molar-refractivity contribution in [1.29, 1.82) is 0 Å². The lowest BCUT2D eigenvalue weighted by molar-refractivity contribution is 0.288. The molecule has 0 amide bonds. The lowest BCUT2D eigenvalue weighted by atomic mass is 10.1. The molecule has 1 aliphatic rings. The van der Waals surface area contributed by atoms with E-state index in [2.05, 4.69) is 37.4 Å². The average Bonchev–Trinajstić information content (AvgIpc) is 2.29. The Morgan fingerprint density at radius 1 is 1.44 bits per heavy atom. The van der Waals surface area contributed by atoms with Gasteiger partial charge >= 0.3 is 0 Å². The monoisotopic (exact) mass is 219 g/mol. The standard InChI is InChI=1S/C14H21NO/c1-3-5-11(2)15-13-7-8-14-12(10-13)6-4-9-16-14/h7-8,10-11,15H,3-6,9H2,1-2H3. The molecule has 1 aromatic rings. The number of anilines is 1. The maximum atomic E-state index is 5.60. The molecule has 0 saturated carbocycles. The van der Waals surface area contributed by atoms with Gasteiger partial charge < -0.3 is 10.1 Å². The molecule has 16 heavy (non-hydrogen) atoms. The zero-order valence-corrected chi connectivity index (χ0v) is 10.3. The number of fused-ring (bicyclic) bond motifs is 1. The maximum Gasteiger partial charge on any atom is 0.122 e. The molecule has 0 aliphatic carbocycles. The number of rotatable bonds is 4. The SMILES string of the molecule is CCCC(C)Nc1ccc2c(c1)CCCO2. The molecule has 1 aliphatic heterocycles. The van der Waals surface area contributed by atoms with Crippen LogP contribution >= 0.6 is 0 Å². The van der Waals surface area contributed by atoms with Crippen molar-refractivity contribution in [2.75, 3.05) is 11.9 Å². The molecule has 2 heteroatoms. The van der Waals surface area contributed by atoms with Gasteiger partial charge in [-0.1, -0.05) is 13.3 Å². The van der Waals surface area contributed by atoms with E-state index in [-0.39, 0.29) is 0 Å². The normalized spacial score (nSPS) is 16.1. The van der Waals surface area contributed by atoms with Crippen molar-refractivity contribution in [3.63, 3.8) is 0 Å². The summed E-state index contributed by atoms with van der Waals surface area (Å²) in [6.45, 7) is 5.32. The Balaban J connectivity index is 2.05. The lowest BCUT2D eigenvalue weighted by Crippen LogP contribution is -2.15. The highest BCUT2D eigenvalue weighted by Gasteiger charge is 2.10. The Morgan fingerprint density at radius 2 is 2.31 bits per heavy atom. The summed E-state index contributed by atoms with van der Waals surface area (Å²) in [5.41, 5.74) is 2.57. The number of benzene rings is 1. The van der Waals surface area contributed by atoms with Crippen molar-refractivity contribution in [2.45, 2.75) is 45.6 Å². The van der Waals surface area contributed by atoms with Gasteiger partial charge in [0.25, 0.3) is 0 Å². The Labute approximate surface area is 98.0 Å². The number of ether oxygens (including phenoxy) is 1. The molecule has 0 aromatic heterocycles. The molecule has 0 spiro atoms. The minimum absolute atomic E-state index is 0.549. The van der Waals surface area contributed by atoms with E-state index in [1.54, 1.807) is 0 Å². The van der Waals surface area contributed by atoms with Crippen molar-refractivity contribution < 1.29 is 4.74 Å². The van der Waals surface area contributed by atoms with Crippen LogP contribution < -0.4 is 10.1 Å². The molecular formula is C14H21NO. The Bertz CT molecular complexity index is 349. The van der Waals surface area contributed by atoms with Crippen LogP contribution in [0.15, 0.2) is 18.2 Å². The summed E-state index contributed by atoms with van der Waals surface area (Å²) in [5, 5.41) is 3.54. The van der Waals surface area contributed by atoms with E-state index in [1.807, 2.05) is 0 Å². The molecule has 1 aromatic carbocycles. The summed E-state index contributed by atoms with van der Waals surface area (Å²) >= 11 is 0. The van der Waals surface area contributed by atoms with E-state index >= 15 is 0 Å². The number of hydrogen-bond acceptors (Lipinski definition) is 2. The van der Waals surface area contributed by atoms with Gasteiger partial charge in [-0.15, -0.1) is 0 Å². The smallest absolute Gasteiger partial charge is 0.122 e. The first-order valence-electron chi connectivity index (χ1n) is 6.32. The highest BCUT2D eigenvalue weighted by atomic mass is 16.5. The average molecular weight is 219 g/mol. The van der Waals surface area contributed by atoms with Crippen LogP contribution in [0, 0.1) is 0 Å². The third kappa shape index (κ3) is 2.69. The second-order valence-electron chi connectivity index (χ2n) is 4.61. The van der Waals surface area contributed by atoms with E-state index in [9.17, 15) is 0 Å². The summed E-state index contributed by atoms with van der Waals surface area (Å²) in [7, 11) is 0. The molecule has 1 heterocycles. The minimum Gasteiger partial charge on any atom is -0.493 e. The van der Waals surface area contributed by atoms with Gasteiger partial charge in [-0.25, -0.2) is 0 Å². The fourth-order valence-electron chi connectivity index (χ4n) is 2.24. The van der Waals surface area contributed by atoms with Gasteiger partial charge in [0.15, 0.2) is 0 Å². The first kappa shape index (κ1) is 11.3. The summed E-state index contributed by atoms with van der Waals surface area (Å²) in [6.07, 6.45) is 4.73. The van der Waals surface area contributed by atoms with Crippen LogP contribution in [0.4, 0.5) is 5.69 Å². The molecule has 0 saturated heterocycles. The van der Waals surface area contributed by atoms with Crippen LogP contribution in [0.2, 0.25) is 0 Å².